The van der Waals surface area contributed by atoms with E-state index in [1.807, 2.05) is 0 Å². The Morgan fingerprint density at radius 2 is 1.62 bits per heavy atom. The van der Waals surface area contributed by atoms with Gasteiger partial charge in [0.1, 0.15) is 11.6 Å². The van der Waals surface area contributed by atoms with Crippen molar-refractivity contribution in [1.29, 1.82) is 0 Å². The molecule has 0 aliphatic rings. The van der Waals surface area contributed by atoms with Crippen LogP contribution in [0.2, 0.25) is 0 Å². The van der Waals surface area contributed by atoms with Crippen molar-refractivity contribution in [2.45, 2.75) is 51.8 Å². The zero-order chi connectivity index (χ0) is 18.3. The van der Waals surface area contributed by atoms with Crippen molar-refractivity contribution in [2.75, 3.05) is 0 Å². The SMILES string of the molecule is CC(C)(C)OC(=O)Cc1ccc(CNC(CC(=O)O)C(=O)O)cc1. The quantitative estimate of drug-likeness (QED) is 0.617. The second-order valence-corrected chi connectivity index (χ2v) is 6.45. The molecule has 3 N–H and O–H groups in total. The van der Waals surface area contributed by atoms with Crippen molar-refractivity contribution in [3.05, 3.63) is 35.4 Å². The number of benzene rings is 1. The van der Waals surface area contributed by atoms with Crippen LogP contribution >= 0.6 is 0 Å². The third-order valence-corrected chi connectivity index (χ3v) is 3.02. The maximum Gasteiger partial charge on any atom is 0.321 e. The van der Waals surface area contributed by atoms with Crippen molar-refractivity contribution in [3.8, 4) is 0 Å². The van der Waals surface area contributed by atoms with Crippen LogP contribution in [-0.2, 0) is 32.1 Å². The molecule has 24 heavy (non-hydrogen) atoms. The van der Waals surface area contributed by atoms with Crippen LogP contribution in [0.1, 0.15) is 38.3 Å². The fraction of sp³-hybridized carbons (Fsp3) is 0.471. The molecule has 0 saturated carbocycles. The summed E-state index contributed by atoms with van der Waals surface area (Å²) in [6, 6.07) is 5.88. The number of aliphatic carboxylic acids is 2. The summed E-state index contributed by atoms with van der Waals surface area (Å²) in [7, 11) is 0. The minimum atomic E-state index is -1.21. The number of nitrogens with one attached hydrogen (secondary N) is 1. The monoisotopic (exact) mass is 337 g/mol. The summed E-state index contributed by atoms with van der Waals surface area (Å²) in [6.45, 7) is 5.62. The highest BCUT2D eigenvalue weighted by molar-refractivity contribution is 5.80. The van der Waals surface area contributed by atoms with Crippen LogP contribution < -0.4 is 5.32 Å². The number of ether oxygens (including phenoxy) is 1. The number of carbonyl (C=O) groups excluding carboxylic acids is 1. The van der Waals surface area contributed by atoms with E-state index in [1.165, 1.54) is 0 Å². The van der Waals surface area contributed by atoms with Crippen molar-refractivity contribution in [3.63, 3.8) is 0 Å². The average molecular weight is 337 g/mol. The fourth-order valence-corrected chi connectivity index (χ4v) is 1.98. The summed E-state index contributed by atoms with van der Waals surface area (Å²) >= 11 is 0. The molecule has 0 aromatic heterocycles. The van der Waals surface area contributed by atoms with Gasteiger partial charge in [0.2, 0.25) is 0 Å². The molecule has 132 valence electrons. The van der Waals surface area contributed by atoms with Gasteiger partial charge in [-0.2, -0.15) is 0 Å². The van der Waals surface area contributed by atoms with Gasteiger partial charge in [-0.1, -0.05) is 24.3 Å². The zero-order valence-electron chi connectivity index (χ0n) is 14.0. The Bertz CT molecular complexity index is 588. The summed E-state index contributed by atoms with van der Waals surface area (Å²) in [4.78, 5) is 33.3. The summed E-state index contributed by atoms with van der Waals surface area (Å²) in [5.74, 6) is -2.71. The number of hydrogen-bond donors (Lipinski definition) is 3. The van der Waals surface area contributed by atoms with E-state index >= 15 is 0 Å². The molecule has 0 amide bonds. The minimum Gasteiger partial charge on any atom is -0.481 e. The number of carboxylic acids is 2. The predicted octanol–water partition coefficient (Wildman–Crippen LogP) is 1.59. The highest BCUT2D eigenvalue weighted by atomic mass is 16.6. The molecule has 1 atom stereocenters. The number of carboxylic acid groups (broad SMARTS) is 2. The van der Waals surface area contributed by atoms with Crippen LogP contribution in [0.15, 0.2) is 24.3 Å². The summed E-state index contributed by atoms with van der Waals surface area (Å²) in [5, 5.41) is 20.3. The van der Waals surface area contributed by atoms with E-state index in [2.05, 4.69) is 5.32 Å². The molecule has 0 aliphatic heterocycles. The van der Waals surface area contributed by atoms with Crippen LogP contribution in [-0.4, -0.2) is 39.8 Å². The van der Waals surface area contributed by atoms with Gasteiger partial charge in [-0.15, -0.1) is 0 Å². The third kappa shape index (κ3) is 7.73. The Hall–Kier alpha value is -2.41. The summed E-state index contributed by atoms with van der Waals surface area (Å²) < 4.78 is 5.24. The second kappa shape index (κ2) is 8.44. The molecule has 7 heteroatoms. The lowest BCUT2D eigenvalue weighted by Gasteiger charge is -2.19. The first kappa shape index (κ1) is 19.6. The number of carbonyl (C=O) groups is 3. The van der Waals surface area contributed by atoms with Gasteiger partial charge < -0.3 is 14.9 Å². The number of esters is 1. The Labute approximate surface area is 140 Å². The minimum absolute atomic E-state index is 0.155. The van der Waals surface area contributed by atoms with Crippen LogP contribution in [0.5, 0.6) is 0 Å². The van der Waals surface area contributed by atoms with Gasteiger partial charge in [0, 0.05) is 6.54 Å². The Morgan fingerprint density at radius 1 is 1.08 bits per heavy atom. The third-order valence-electron chi connectivity index (χ3n) is 3.02. The van der Waals surface area contributed by atoms with Crippen LogP contribution in [0.3, 0.4) is 0 Å². The fourth-order valence-electron chi connectivity index (χ4n) is 1.98. The lowest BCUT2D eigenvalue weighted by atomic mass is 10.1. The first-order valence-corrected chi connectivity index (χ1v) is 7.54. The molecule has 7 nitrogen and oxygen atoms in total. The molecule has 1 unspecified atom stereocenters. The average Bonchev–Trinajstić information content (AvgIpc) is 2.42. The van der Waals surface area contributed by atoms with E-state index in [0.717, 1.165) is 11.1 Å². The molecule has 0 saturated heterocycles. The Morgan fingerprint density at radius 3 is 2.08 bits per heavy atom. The lowest BCUT2D eigenvalue weighted by Crippen LogP contribution is -2.38. The predicted molar refractivity (Wildman–Crippen MR) is 86.5 cm³/mol. The first-order valence-electron chi connectivity index (χ1n) is 7.54. The first-order chi connectivity index (χ1) is 11.1. The van der Waals surface area contributed by atoms with Crippen molar-refractivity contribution in [1.82, 2.24) is 5.32 Å². The van der Waals surface area contributed by atoms with Crippen molar-refractivity contribution in [2.24, 2.45) is 0 Å². The van der Waals surface area contributed by atoms with Crippen molar-refractivity contribution >= 4 is 17.9 Å². The van der Waals surface area contributed by atoms with Crippen LogP contribution in [0, 0.1) is 0 Å². The summed E-state index contributed by atoms with van der Waals surface area (Å²) in [6.07, 6.45) is -0.339. The van der Waals surface area contributed by atoms with E-state index in [4.69, 9.17) is 14.9 Å². The molecule has 1 rings (SSSR count). The zero-order valence-corrected chi connectivity index (χ0v) is 14.0. The van der Waals surface area contributed by atoms with E-state index < -0.39 is 30.0 Å². The molecule has 0 bridgehead atoms. The molecule has 0 fully saturated rings. The van der Waals surface area contributed by atoms with Gasteiger partial charge in [0.15, 0.2) is 0 Å². The number of hydrogen-bond acceptors (Lipinski definition) is 5. The van der Waals surface area contributed by atoms with Gasteiger partial charge in [-0.3, -0.25) is 19.7 Å². The molecule has 0 heterocycles. The topological polar surface area (TPSA) is 113 Å². The molecule has 1 aromatic rings. The molecule has 1 aromatic carbocycles. The van der Waals surface area contributed by atoms with E-state index in [0.29, 0.717) is 0 Å². The van der Waals surface area contributed by atoms with Gasteiger partial charge in [0.25, 0.3) is 0 Å². The normalized spacial score (nSPS) is 12.5. The lowest BCUT2D eigenvalue weighted by molar-refractivity contribution is -0.154. The smallest absolute Gasteiger partial charge is 0.321 e. The standard InChI is InChI=1S/C17H23NO6/c1-17(2,3)24-15(21)8-11-4-6-12(7-5-11)10-18-13(16(22)23)9-14(19)20/h4-7,13,18H,8-10H2,1-3H3,(H,19,20)(H,22,23). The van der Waals surface area contributed by atoms with Gasteiger partial charge in [0.05, 0.1) is 12.8 Å². The van der Waals surface area contributed by atoms with Crippen LogP contribution in [0.25, 0.3) is 0 Å². The molecular weight excluding hydrogens is 314 g/mol. The van der Waals surface area contributed by atoms with Crippen LogP contribution in [0.4, 0.5) is 0 Å². The Balaban J connectivity index is 2.56. The van der Waals surface area contributed by atoms with Crippen molar-refractivity contribution < 1.29 is 29.3 Å². The van der Waals surface area contributed by atoms with Gasteiger partial charge in [-0.05, 0) is 31.9 Å². The Kier molecular flexibility index (Phi) is 6.91. The molecule has 0 aliphatic carbocycles. The van der Waals surface area contributed by atoms with E-state index in [1.54, 1.807) is 45.0 Å². The highest BCUT2D eigenvalue weighted by Gasteiger charge is 2.20. The van der Waals surface area contributed by atoms with Gasteiger partial charge in [-0.25, -0.2) is 0 Å². The van der Waals surface area contributed by atoms with E-state index in [9.17, 15) is 14.4 Å². The highest BCUT2D eigenvalue weighted by Crippen LogP contribution is 2.11. The maximum atomic E-state index is 11.8. The summed E-state index contributed by atoms with van der Waals surface area (Å²) in [5.41, 5.74) is 1.05. The maximum absolute atomic E-state index is 11.8. The number of rotatable bonds is 8. The molecule has 0 spiro atoms. The largest absolute Gasteiger partial charge is 0.481 e. The molecular formula is C17H23NO6. The van der Waals surface area contributed by atoms with E-state index in [-0.39, 0.29) is 18.9 Å². The second-order valence-electron chi connectivity index (χ2n) is 6.45. The van der Waals surface area contributed by atoms with Gasteiger partial charge >= 0.3 is 17.9 Å². The molecule has 0 radical (unpaired) electrons.